The molecule has 0 saturated carbocycles. The van der Waals surface area contributed by atoms with Crippen LogP contribution in [0.2, 0.25) is 0 Å². The third-order valence-corrected chi connectivity index (χ3v) is 3.62. The van der Waals surface area contributed by atoms with Gasteiger partial charge in [0.25, 0.3) is 0 Å². The Morgan fingerprint density at radius 3 is 2.76 bits per heavy atom. The lowest BCUT2D eigenvalue weighted by Gasteiger charge is -2.25. The lowest BCUT2D eigenvalue weighted by atomic mass is 9.84. The van der Waals surface area contributed by atoms with Crippen molar-refractivity contribution in [3.63, 3.8) is 0 Å². The average molecular weight is 232 g/mol. The van der Waals surface area contributed by atoms with Gasteiger partial charge >= 0.3 is 0 Å². The molecular formula is C15H24N2. The topological polar surface area (TPSA) is 25.8 Å². The number of rotatable bonds is 2. The van der Waals surface area contributed by atoms with Gasteiger partial charge in [0.05, 0.1) is 0 Å². The van der Waals surface area contributed by atoms with Gasteiger partial charge in [-0.05, 0) is 30.7 Å². The zero-order valence-corrected chi connectivity index (χ0v) is 11.6. The van der Waals surface area contributed by atoms with Gasteiger partial charge in [0.15, 0.2) is 0 Å². The maximum Gasteiger partial charge on any atom is 0.133 e. The molecule has 1 aromatic heterocycles. The minimum Gasteiger partial charge on any atom is -0.241 e. The van der Waals surface area contributed by atoms with Gasteiger partial charge in [-0.15, -0.1) is 0 Å². The van der Waals surface area contributed by atoms with Crippen molar-refractivity contribution in [1.82, 2.24) is 9.97 Å². The Labute approximate surface area is 105 Å². The maximum absolute atomic E-state index is 4.77. The minimum atomic E-state index is 0.0648. The van der Waals surface area contributed by atoms with Gasteiger partial charge in [-0.3, -0.25) is 0 Å². The van der Waals surface area contributed by atoms with E-state index in [2.05, 4.69) is 38.9 Å². The fourth-order valence-electron chi connectivity index (χ4n) is 2.60. The summed E-state index contributed by atoms with van der Waals surface area (Å²) < 4.78 is 0. The first-order valence-corrected chi connectivity index (χ1v) is 6.86. The van der Waals surface area contributed by atoms with Crippen LogP contribution >= 0.6 is 0 Å². The second-order valence-corrected chi connectivity index (χ2v) is 6.31. The summed E-state index contributed by atoms with van der Waals surface area (Å²) >= 11 is 0. The molecule has 0 fully saturated rings. The monoisotopic (exact) mass is 232 g/mol. The van der Waals surface area contributed by atoms with Crippen LogP contribution in [0.3, 0.4) is 0 Å². The second kappa shape index (κ2) is 4.75. The molecule has 0 aliphatic heterocycles. The number of hydrogen-bond acceptors (Lipinski definition) is 2. The maximum atomic E-state index is 4.77. The molecule has 1 unspecified atom stereocenters. The van der Waals surface area contributed by atoms with E-state index in [1.165, 1.54) is 36.9 Å². The normalized spacial score (nSPS) is 20.1. The summed E-state index contributed by atoms with van der Waals surface area (Å²) in [7, 11) is 0. The van der Waals surface area contributed by atoms with Crippen molar-refractivity contribution in [1.29, 1.82) is 0 Å². The summed E-state index contributed by atoms with van der Waals surface area (Å²) in [5.74, 6) is 1.85. The highest BCUT2D eigenvalue weighted by Gasteiger charge is 2.23. The summed E-state index contributed by atoms with van der Waals surface area (Å²) in [6.45, 7) is 8.81. The fourth-order valence-corrected chi connectivity index (χ4v) is 2.60. The van der Waals surface area contributed by atoms with Crippen LogP contribution in [0.5, 0.6) is 0 Å². The Balaban J connectivity index is 2.20. The smallest absolute Gasteiger partial charge is 0.133 e. The Bertz CT molecular complexity index is 390. The number of hydrogen-bond donors (Lipinski definition) is 0. The molecule has 0 radical (unpaired) electrons. The predicted octanol–water partition coefficient (Wildman–Crippen LogP) is 3.68. The van der Waals surface area contributed by atoms with Crippen molar-refractivity contribution in [2.45, 2.75) is 65.2 Å². The van der Waals surface area contributed by atoms with Gasteiger partial charge in [0, 0.05) is 17.3 Å². The zero-order valence-electron chi connectivity index (χ0n) is 11.6. The van der Waals surface area contributed by atoms with Crippen LogP contribution in [0.1, 0.15) is 64.0 Å². The van der Waals surface area contributed by atoms with E-state index in [0.717, 1.165) is 18.2 Å². The van der Waals surface area contributed by atoms with E-state index >= 15 is 0 Å². The van der Waals surface area contributed by atoms with Crippen molar-refractivity contribution >= 4 is 0 Å². The highest BCUT2D eigenvalue weighted by atomic mass is 14.9. The van der Waals surface area contributed by atoms with E-state index in [4.69, 9.17) is 4.98 Å². The molecule has 2 heteroatoms. The van der Waals surface area contributed by atoms with Gasteiger partial charge in [0.1, 0.15) is 5.82 Å². The molecule has 0 spiro atoms. The molecule has 0 bridgehead atoms. The van der Waals surface area contributed by atoms with Crippen molar-refractivity contribution in [2.24, 2.45) is 5.92 Å². The summed E-state index contributed by atoms with van der Waals surface area (Å²) in [6, 6.07) is 0. The Hall–Kier alpha value is -0.920. The molecule has 0 N–H and O–H groups in total. The van der Waals surface area contributed by atoms with E-state index in [0.29, 0.717) is 0 Å². The fraction of sp³-hybridized carbons (Fsp3) is 0.733. The van der Waals surface area contributed by atoms with Gasteiger partial charge in [0.2, 0.25) is 0 Å². The third kappa shape index (κ3) is 2.85. The number of fused-ring (bicyclic) bond motifs is 1. The van der Waals surface area contributed by atoms with Crippen molar-refractivity contribution in [2.75, 3.05) is 0 Å². The molecule has 1 aliphatic carbocycles. The van der Waals surface area contributed by atoms with Gasteiger partial charge in [-0.1, -0.05) is 40.5 Å². The molecule has 17 heavy (non-hydrogen) atoms. The van der Waals surface area contributed by atoms with Crippen molar-refractivity contribution < 1.29 is 0 Å². The molecule has 2 nitrogen and oxygen atoms in total. The van der Waals surface area contributed by atoms with Gasteiger partial charge < -0.3 is 0 Å². The Morgan fingerprint density at radius 1 is 1.35 bits per heavy atom. The van der Waals surface area contributed by atoms with E-state index in [9.17, 15) is 0 Å². The van der Waals surface area contributed by atoms with E-state index in [1.54, 1.807) is 0 Å². The first-order chi connectivity index (χ1) is 8.00. The SMILES string of the molecule is CCCC1CCc2nc(C(C)(C)C)ncc2C1. The van der Waals surface area contributed by atoms with Gasteiger partial charge in [-0.25, -0.2) is 9.97 Å². The second-order valence-electron chi connectivity index (χ2n) is 6.31. The molecule has 1 atom stereocenters. The summed E-state index contributed by atoms with van der Waals surface area (Å²) in [6.07, 6.45) is 8.35. The first kappa shape index (κ1) is 12.5. The van der Waals surface area contributed by atoms with Crippen LogP contribution in [0, 0.1) is 5.92 Å². The Kier molecular flexibility index (Phi) is 3.50. The molecule has 1 heterocycles. The Morgan fingerprint density at radius 2 is 2.12 bits per heavy atom. The van der Waals surface area contributed by atoms with Crippen LogP contribution in [-0.4, -0.2) is 9.97 Å². The molecule has 0 saturated heterocycles. The molecule has 1 aliphatic rings. The highest BCUT2D eigenvalue weighted by molar-refractivity contribution is 5.23. The number of aromatic nitrogens is 2. The quantitative estimate of drug-likeness (QED) is 0.777. The summed E-state index contributed by atoms with van der Waals surface area (Å²) in [5.41, 5.74) is 2.76. The van der Waals surface area contributed by atoms with Crippen molar-refractivity contribution in [3.05, 3.63) is 23.3 Å². The molecule has 0 amide bonds. The zero-order chi connectivity index (χ0) is 12.5. The minimum absolute atomic E-state index is 0.0648. The highest BCUT2D eigenvalue weighted by Crippen LogP contribution is 2.28. The largest absolute Gasteiger partial charge is 0.241 e. The first-order valence-electron chi connectivity index (χ1n) is 6.86. The lowest BCUT2D eigenvalue weighted by Crippen LogP contribution is -2.21. The molecular weight excluding hydrogens is 208 g/mol. The molecule has 2 rings (SSSR count). The standard InChI is InChI=1S/C15H24N2/c1-5-6-11-7-8-13-12(9-11)10-16-14(17-13)15(2,3)4/h10-11H,5-9H2,1-4H3. The van der Waals surface area contributed by atoms with Crippen LogP contribution in [0.15, 0.2) is 6.20 Å². The molecule has 94 valence electrons. The van der Waals surface area contributed by atoms with Crippen LogP contribution in [0.25, 0.3) is 0 Å². The van der Waals surface area contributed by atoms with E-state index in [1.807, 2.05) is 0 Å². The summed E-state index contributed by atoms with van der Waals surface area (Å²) in [5, 5.41) is 0. The van der Waals surface area contributed by atoms with E-state index in [-0.39, 0.29) is 5.41 Å². The third-order valence-electron chi connectivity index (χ3n) is 3.62. The van der Waals surface area contributed by atoms with Crippen LogP contribution in [-0.2, 0) is 18.3 Å². The molecule has 1 aromatic rings. The molecule has 0 aromatic carbocycles. The predicted molar refractivity (Wildman–Crippen MR) is 71.2 cm³/mol. The average Bonchev–Trinajstić information content (AvgIpc) is 2.27. The number of aryl methyl sites for hydroxylation is 1. The van der Waals surface area contributed by atoms with Crippen LogP contribution in [0.4, 0.5) is 0 Å². The summed E-state index contributed by atoms with van der Waals surface area (Å²) in [4.78, 5) is 9.31. The number of nitrogens with zero attached hydrogens (tertiary/aromatic N) is 2. The van der Waals surface area contributed by atoms with Gasteiger partial charge in [-0.2, -0.15) is 0 Å². The van der Waals surface area contributed by atoms with Crippen LogP contribution < -0.4 is 0 Å². The van der Waals surface area contributed by atoms with Crippen molar-refractivity contribution in [3.8, 4) is 0 Å². The van der Waals surface area contributed by atoms with E-state index < -0.39 is 0 Å². The lowest BCUT2D eigenvalue weighted by molar-refractivity contribution is 0.413.